The Balaban J connectivity index is 2.33. The highest BCUT2D eigenvalue weighted by molar-refractivity contribution is 6.40. The highest BCUT2D eigenvalue weighted by Gasteiger charge is 2.14. The summed E-state index contributed by atoms with van der Waals surface area (Å²) in [6.45, 7) is 3.75. The monoisotopic (exact) mass is 322 g/mol. The molecule has 2 aromatic rings. The first kappa shape index (κ1) is 15.7. The molecule has 0 aliphatic rings. The van der Waals surface area contributed by atoms with Crippen molar-refractivity contribution in [1.29, 1.82) is 0 Å². The Morgan fingerprint density at radius 1 is 1.05 bits per heavy atom. The van der Waals surface area contributed by atoms with Gasteiger partial charge in [-0.15, -0.1) is 0 Å². The molecule has 0 heterocycles. The lowest BCUT2D eigenvalue weighted by Gasteiger charge is -2.13. The van der Waals surface area contributed by atoms with E-state index in [0.717, 1.165) is 16.8 Å². The average Bonchev–Trinajstić information content (AvgIpc) is 2.47. The lowest BCUT2D eigenvalue weighted by Crippen LogP contribution is -2.14. The SMILES string of the molecule is CNc1ccc(C(=O)Nc2c(Cl)ccc(C)c2Cl)c(C)c1. The molecule has 0 unspecified atom stereocenters. The topological polar surface area (TPSA) is 41.1 Å². The number of rotatable bonds is 3. The van der Waals surface area contributed by atoms with Crippen molar-refractivity contribution in [2.75, 3.05) is 17.7 Å². The molecule has 2 N–H and O–H groups in total. The summed E-state index contributed by atoms with van der Waals surface area (Å²) in [6, 6.07) is 9.06. The summed E-state index contributed by atoms with van der Waals surface area (Å²) in [6.07, 6.45) is 0. The second-order valence-electron chi connectivity index (χ2n) is 4.79. The largest absolute Gasteiger partial charge is 0.388 e. The highest BCUT2D eigenvalue weighted by atomic mass is 35.5. The third-order valence-corrected chi connectivity index (χ3v) is 4.08. The number of carbonyl (C=O) groups excluding carboxylic acids is 1. The number of hydrogen-bond donors (Lipinski definition) is 2. The maximum atomic E-state index is 12.4. The summed E-state index contributed by atoms with van der Waals surface area (Å²) in [5.74, 6) is -0.232. The summed E-state index contributed by atoms with van der Waals surface area (Å²) in [7, 11) is 1.83. The third kappa shape index (κ3) is 3.31. The van der Waals surface area contributed by atoms with Crippen molar-refractivity contribution in [3.05, 3.63) is 57.1 Å². The van der Waals surface area contributed by atoms with Crippen LogP contribution in [0.3, 0.4) is 0 Å². The molecule has 0 aliphatic carbocycles. The van der Waals surface area contributed by atoms with E-state index in [-0.39, 0.29) is 5.91 Å². The molecule has 0 bridgehead atoms. The molecule has 0 spiro atoms. The first-order chi connectivity index (χ1) is 9.93. The summed E-state index contributed by atoms with van der Waals surface area (Å²) in [5, 5.41) is 6.70. The van der Waals surface area contributed by atoms with Crippen LogP contribution in [0.25, 0.3) is 0 Å². The number of benzene rings is 2. The molecule has 0 saturated carbocycles. The van der Waals surface area contributed by atoms with Gasteiger partial charge in [-0.25, -0.2) is 0 Å². The molecule has 0 atom stereocenters. The van der Waals surface area contributed by atoms with Gasteiger partial charge < -0.3 is 10.6 Å². The molecule has 0 saturated heterocycles. The summed E-state index contributed by atoms with van der Waals surface area (Å²) in [4.78, 5) is 12.4. The molecule has 0 fully saturated rings. The van der Waals surface area contributed by atoms with E-state index in [0.29, 0.717) is 21.3 Å². The summed E-state index contributed by atoms with van der Waals surface area (Å²) < 4.78 is 0. The van der Waals surface area contributed by atoms with E-state index in [1.165, 1.54) is 0 Å². The second-order valence-corrected chi connectivity index (χ2v) is 5.57. The van der Waals surface area contributed by atoms with Gasteiger partial charge in [0.15, 0.2) is 0 Å². The van der Waals surface area contributed by atoms with Crippen LogP contribution in [0.2, 0.25) is 10.0 Å². The third-order valence-electron chi connectivity index (χ3n) is 3.28. The Hall–Kier alpha value is -1.71. The van der Waals surface area contributed by atoms with E-state index in [1.807, 2.05) is 39.1 Å². The number of nitrogens with one attached hydrogen (secondary N) is 2. The van der Waals surface area contributed by atoms with Crippen LogP contribution in [0.4, 0.5) is 11.4 Å². The fourth-order valence-corrected chi connectivity index (χ4v) is 2.49. The standard InChI is InChI=1S/C16H16Cl2N2O/c1-9-4-7-13(17)15(14(9)18)20-16(21)12-6-5-11(19-3)8-10(12)2/h4-8,19H,1-3H3,(H,20,21). The fraction of sp³-hybridized carbons (Fsp3) is 0.188. The Kier molecular flexibility index (Phi) is 4.76. The zero-order valence-electron chi connectivity index (χ0n) is 12.1. The lowest BCUT2D eigenvalue weighted by atomic mass is 10.1. The highest BCUT2D eigenvalue weighted by Crippen LogP contribution is 2.33. The molecule has 0 aromatic heterocycles. The van der Waals surface area contributed by atoms with Gasteiger partial charge in [-0.2, -0.15) is 0 Å². The zero-order chi connectivity index (χ0) is 15.6. The van der Waals surface area contributed by atoms with Gasteiger partial charge in [0, 0.05) is 18.3 Å². The predicted molar refractivity (Wildman–Crippen MR) is 89.9 cm³/mol. The molecular formula is C16H16Cl2N2O. The summed E-state index contributed by atoms with van der Waals surface area (Å²) in [5.41, 5.74) is 3.72. The second kappa shape index (κ2) is 6.37. The average molecular weight is 323 g/mol. The van der Waals surface area contributed by atoms with Crippen LogP contribution >= 0.6 is 23.2 Å². The number of aryl methyl sites for hydroxylation is 2. The number of halogens is 2. The van der Waals surface area contributed by atoms with Crippen molar-refractivity contribution in [1.82, 2.24) is 0 Å². The normalized spacial score (nSPS) is 10.3. The van der Waals surface area contributed by atoms with Crippen molar-refractivity contribution in [3.8, 4) is 0 Å². The minimum atomic E-state index is -0.232. The van der Waals surface area contributed by atoms with E-state index in [4.69, 9.17) is 23.2 Å². The van der Waals surface area contributed by atoms with E-state index >= 15 is 0 Å². The first-order valence-corrected chi connectivity index (χ1v) is 7.24. The molecule has 21 heavy (non-hydrogen) atoms. The van der Waals surface area contributed by atoms with Gasteiger partial charge in [-0.1, -0.05) is 29.3 Å². The quantitative estimate of drug-likeness (QED) is 0.843. The van der Waals surface area contributed by atoms with Crippen LogP contribution in [-0.4, -0.2) is 13.0 Å². The van der Waals surface area contributed by atoms with Gasteiger partial charge >= 0.3 is 0 Å². The minimum absolute atomic E-state index is 0.232. The van der Waals surface area contributed by atoms with Gasteiger partial charge in [0.25, 0.3) is 5.91 Å². The van der Waals surface area contributed by atoms with Crippen molar-refractivity contribution >= 4 is 40.5 Å². The number of hydrogen-bond acceptors (Lipinski definition) is 2. The fourth-order valence-electron chi connectivity index (χ4n) is 2.03. The van der Waals surface area contributed by atoms with Crippen LogP contribution < -0.4 is 10.6 Å². The van der Waals surface area contributed by atoms with Crippen LogP contribution in [0.5, 0.6) is 0 Å². The van der Waals surface area contributed by atoms with Crippen molar-refractivity contribution in [2.24, 2.45) is 0 Å². The van der Waals surface area contributed by atoms with E-state index in [1.54, 1.807) is 12.1 Å². The van der Waals surface area contributed by atoms with Gasteiger partial charge in [0.1, 0.15) is 0 Å². The van der Waals surface area contributed by atoms with Crippen LogP contribution in [-0.2, 0) is 0 Å². The van der Waals surface area contributed by atoms with Gasteiger partial charge in [0.05, 0.1) is 15.7 Å². The molecule has 3 nitrogen and oxygen atoms in total. The predicted octanol–water partition coefficient (Wildman–Crippen LogP) is 4.90. The van der Waals surface area contributed by atoms with Crippen LogP contribution in [0.1, 0.15) is 21.5 Å². The first-order valence-electron chi connectivity index (χ1n) is 6.48. The van der Waals surface area contributed by atoms with Crippen LogP contribution in [0, 0.1) is 13.8 Å². The summed E-state index contributed by atoms with van der Waals surface area (Å²) >= 11 is 12.3. The van der Waals surface area contributed by atoms with Crippen molar-refractivity contribution < 1.29 is 4.79 Å². The van der Waals surface area contributed by atoms with E-state index in [2.05, 4.69) is 10.6 Å². The molecule has 2 aromatic carbocycles. The Morgan fingerprint density at radius 2 is 1.76 bits per heavy atom. The Bertz CT molecular complexity index is 699. The molecule has 2 rings (SSSR count). The lowest BCUT2D eigenvalue weighted by molar-refractivity contribution is 0.102. The number of amides is 1. The maximum Gasteiger partial charge on any atom is 0.256 e. The van der Waals surface area contributed by atoms with Gasteiger partial charge in [0.2, 0.25) is 0 Å². The van der Waals surface area contributed by atoms with Gasteiger partial charge in [-0.05, 0) is 49.2 Å². The van der Waals surface area contributed by atoms with E-state index in [9.17, 15) is 4.79 Å². The molecule has 0 radical (unpaired) electrons. The number of carbonyl (C=O) groups is 1. The smallest absolute Gasteiger partial charge is 0.256 e. The molecule has 110 valence electrons. The molecule has 1 amide bonds. The van der Waals surface area contributed by atoms with Crippen molar-refractivity contribution in [2.45, 2.75) is 13.8 Å². The number of anilines is 2. The molecule has 5 heteroatoms. The van der Waals surface area contributed by atoms with Gasteiger partial charge in [-0.3, -0.25) is 4.79 Å². The van der Waals surface area contributed by atoms with E-state index < -0.39 is 0 Å². The minimum Gasteiger partial charge on any atom is -0.388 e. The maximum absolute atomic E-state index is 12.4. The molecular weight excluding hydrogens is 307 g/mol. The van der Waals surface area contributed by atoms with Crippen molar-refractivity contribution in [3.63, 3.8) is 0 Å². The van der Waals surface area contributed by atoms with Crippen LogP contribution in [0.15, 0.2) is 30.3 Å². The zero-order valence-corrected chi connectivity index (χ0v) is 13.6. The Morgan fingerprint density at radius 3 is 2.38 bits per heavy atom. The molecule has 0 aliphatic heterocycles. The Labute approximate surface area is 134 Å².